The second-order valence-electron chi connectivity index (χ2n) is 5.16. The summed E-state index contributed by atoms with van der Waals surface area (Å²) in [5.74, 6) is 0.804. The van der Waals surface area contributed by atoms with Crippen LogP contribution in [0.2, 0.25) is 0 Å². The molecule has 1 atom stereocenters. The van der Waals surface area contributed by atoms with Crippen LogP contribution in [-0.4, -0.2) is 32.0 Å². The van der Waals surface area contributed by atoms with Crippen LogP contribution in [0.1, 0.15) is 28.9 Å². The highest BCUT2D eigenvalue weighted by molar-refractivity contribution is 5.99. The highest BCUT2D eigenvalue weighted by Gasteiger charge is 2.20. The van der Waals surface area contributed by atoms with Crippen LogP contribution < -0.4 is 10.1 Å². The molecule has 0 saturated heterocycles. The maximum atomic E-state index is 12.7. The van der Waals surface area contributed by atoms with Crippen molar-refractivity contribution in [3.8, 4) is 5.75 Å². The highest BCUT2D eigenvalue weighted by Crippen LogP contribution is 2.25. The fourth-order valence-corrected chi connectivity index (χ4v) is 2.36. The van der Waals surface area contributed by atoms with Gasteiger partial charge in [0.05, 0.1) is 18.7 Å². The number of methoxy groups -OCH3 is 1. The van der Waals surface area contributed by atoms with Crippen LogP contribution in [0.3, 0.4) is 0 Å². The third-order valence-corrected chi connectivity index (χ3v) is 3.93. The number of nitrogens with one attached hydrogen (secondary N) is 1. The van der Waals surface area contributed by atoms with Crippen molar-refractivity contribution < 1.29 is 9.53 Å². The van der Waals surface area contributed by atoms with Gasteiger partial charge in [-0.05, 0) is 36.8 Å². The third kappa shape index (κ3) is 3.22. The van der Waals surface area contributed by atoms with Crippen molar-refractivity contribution in [1.29, 1.82) is 0 Å². The molecule has 116 valence electrons. The molecule has 0 radical (unpaired) electrons. The first-order chi connectivity index (χ1) is 10.6. The Hall–Kier alpha value is -2.49. The Bertz CT molecular complexity index is 638. The first-order valence-corrected chi connectivity index (χ1v) is 7.26. The normalized spacial score (nSPS) is 11.6. The van der Waals surface area contributed by atoms with E-state index >= 15 is 0 Å². The average molecular weight is 298 g/mol. The molecule has 4 heteroatoms. The van der Waals surface area contributed by atoms with E-state index in [2.05, 4.69) is 5.32 Å². The summed E-state index contributed by atoms with van der Waals surface area (Å²) in [5.41, 5.74) is 2.58. The second kappa shape index (κ2) is 6.98. The Kier molecular flexibility index (Phi) is 5.04. The van der Waals surface area contributed by atoms with E-state index in [0.29, 0.717) is 5.56 Å². The van der Waals surface area contributed by atoms with E-state index in [0.717, 1.165) is 17.0 Å². The second-order valence-corrected chi connectivity index (χ2v) is 5.16. The van der Waals surface area contributed by atoms with Gasteiger partial charge in [-0.2, -0.15) is 0 Å². The first kappa shape index (κ1) is 15.9. The predicted octanol–water partition coefficient (Wildman–Crippen LogP) is 3.57. The zero-order valence-electron chi connectivity index (χ0n) is 13.5. The molecule has 0 aromatic heterocycles. The number of hydrogen-bond donors (Lipinski definition) is 1. The van der Waals surface area contributed by atoms with Crippen LogP contribution in [0.25, 0.3) is 0 Å². The summed E-state index contributed by atoms with van der Waals surface area (Å²) >= 11 is 0. The van der Waals surface area contributed by atoms with Crippen LogP contribution in [0.5, 0.6) is 5.75 Å². The molecular weight excluding hydrogens is 276 g/mol. The van der Waals surface area contributed by atoms with Crippen molar-refractivity contribution in [2.24, 2.45) is 0 Å². The van der Waals surface area contributed by atoms with Crippen molar-refractivity contribution in [2.45, 2.75) is 13.0 Å². The zero-order valence-corrected chi connectivity index (χ0v) is 13.5. The van der Waals surface area contributed by atoms with Crippen molar-refractivity contribution in [3.63, 3.8) is 0 Å². The van der Waals surface area contributed by atoms with E-state index in [-0.39, 0.29) is 11.9 Å². The minimum absolute atomic E-state index is 0.00623. The molecule has 4 nitrogen and oxygen atoms in total. The summed E-state index contributed by atoms with van der Waals surface area (Å²) in [7, 11) is 5.28. The molecule has 2 aromatic rings. The standard InChI is InChI=1S/C18H22N2O2/c1-13(14-9-11-15(22-4)12-10-14)20(3)18(21)16-7-5-6-8-17(16)19-2/h5-13,19H,1-4H3/t13-/m1/s1. The summed E-state index contributed by atoms with van der Waals surface area (Å²) in [5, 5.41) is 3.06. The lowest BCUT2D eigenvalue weighted by Gasteiger charge is -2.26. The number of nitrogens with zero attached hydrogens (tertiary/aromatic N) is 1. The van der Waals surface area contributed by atoms with Crippen molar-refractivity contribution in [2.75, 3.05) is 26.5 Å². The zero-order chi connectivity index (χ0) is 16.1. The van der Waals surface area contributed by atoms with Crippen LogP contribution in [0.4, 0.5) is 5.69 Å². The van der Waals surface area contributed by atoms with Crippen molar-refractivity contribution in [1.82, 2.24) is 4.90 Å². The molecule has 2 rings (SSSR count). The summed E-state index contributed by atoms with van der Waals surface area (Å²) in [6, 6.07) is 15.3. The largest absolute Gasteiger partial charge is 0.497 e. The minimum Gasteiger partial charge on any atom is -0.497 e. The molecule has 0 unspecified atom stereocenters. The molecule has 1 amide bonds. The van der Waals surface area contributed by atoms with Gasteiger partial charge in [0, 0.05) is 19.8 Å². The summed E-state index contributed by atoms with van der Waals surface area (Å²) in [6.07, 6.45) is 0. The Balaban J connectivity index is 2.21. The molecule has 0 aliphatic heterocycles. The molecule has 0 saturated carbocycles. The quantitative estimate of drug-likeness (QED) is 0.917. The van der Waals surface area contributed by atoms with E-state index in [1.165, 1.54) is 0 Å². The fourth-order valence-electron chi connectivity index (χ4n) is 2.36. The van der Waals surface area contributed by atoms with Gasteiger partial charge in [0.15, 0.2) is 0 Å². The fraction of sp³-hybridized carbons (Fsp3) is 0.278. The molecule has 2 aromatic carbocycles. The van der Waals surface area contributed by atoms with Gasteiger partial charge in [0.25, 0.3) is 5.91 Å². The SMILES string of the molecule is CNc1ccccc1C(=O)N(C)[C@H](C)c1ccc(OC)cc1. The monoisotopic (exact) mass is 298 g/mol. The highest BCUT2D eigenvalue weighted by atomic mass is 16.5. The van der Waals surface area contributed by atoms with Crippen molar-refractivity contribution >= 4 is 11.6 Å². The van der Waals surface area contributed by atoms with Gasteiger partial charge in [0.2, 0.25) is 0 Å². The van der Waals surface area contributed by atoms with E-state index < -0.39 is 0 Å². The number of rotatable bonds is 5. The number of amides is 1. The summed E-state index contributed by atoms with van der Waals surface area (Å²) in [6.45, 7) is 2.02. The minimum atomic E-state index is -0.0247. The van der Waals surface area contributed by atoms with E-state index in [4.69, 9.17) is 4.74 Å². The Labute approximate surface area is 131 Å². The molecule has 0 aliphatic rings. The van der Waals surface area contributed by atoms with Gasteiger partial charge in [-0.25, -0.2) is 0 Å². The van der Waals surface area contributed by atoms with E-state index in [1.54, 1.807) is 12.0 Å². The van der Waals surface area contributed by atoms with Gasteiger partial charge in [-0.3, -0.25) is 4.79 Å². The molecule has 1 N–H and O–H groups in total. The third-order valence-electron chi connectivity index (χ3n) is 3.93. The molecule has 0 fully saturated rings. The molecule has 0 bridgehead atoms. The van der Waals surface area contributed by atoms with Gasteiger partial charge < -0.3 is 15.0 Å². The van der Waals surface area contributed by atoms with E-state index in [9.17, 15) is 4.79 Å². The number of carbonyl (C=O) groups is 1. The Morgan fingerprint density at radius 1 is 1.14 bits per heavy atom. The molecule has 0 spiro atoms. The van der Waals surface area contributed by atoms with Gasteiger partial charge in [0.1, 0.15) is 5.75 Å². The van der Waals surface area contributed by atoms with Crippen LogP contribution >= 0.6 is 0 Å². The average Bonchev–Trinajstić information content (AvgIpc) is 2.59. The number of carbonyl (C=O) groups excluding carboxylic acids is 1. The lowest BCUT2D eigenvalue weighted by molar-refractivity contribution is 0.0743. The maximum Gasteiger partial charge on any atom is 0.256 e. The number of para-hydroxylation sites is 1. The molecular formula is C18H22N2O2. The van der Waals surface area contributed by atoms with Gasteiger partial charge in [-0.1, -0.05) is 24.3 Å². The predicted molar refractivity (Wildman–Crippen MR) is 89.5 cm³/mol. The lowest BCUT2D eigenvalue weighted by atomic mass is 10.1. The van der Waals surface area contributed by atoms with Gasteiger partial charge >= 0.3 is 0 Å². The Morgan fingerprint density at radius 3 is 2.36 bits per heavy atom. The number of benzene rings is 2. The molecule has 22 heavy (non-hydrogen) atoms. The first-order valence-electron chi connectivity index (χ1n) is 7.26. The summed E-state index contributed by atoms with van der Waals surface area (Å²) in [4.78, 5) is 14.5. The van der Waals surface area contributed by atoms with Crippen LogP contribution in [0.15, 0.2) is 48.5 Å². The van der Waals surface area contributed by atoms with Gasteiger partial charge in [-0.15, -0.1) is 0 Å². The lowest BCUT2D eigenvalue weighted by Crippen LogP contribution is -2.30. The van der Waals surface area contributed by atoms with Crippen LogP contribution in [-0.2, 0) is 0 Å². The topological polar surface area (TPSA) is 41.6 Å². The number of anilines is 1. The van der Waals surface area contributed by atoms with E-state index in [1.807, 2.05) is 69.6 Å². The molecule has 0 aliphatic carbocycles. The number of hydrogen-bond acceptors (Lipinski definition) is 3. The maximum absolute atomic E-state index is 12.7. The van der Waals surface area contributed by atoms with Crippen molar-refractivity contribution in [3.05, 3.63) is 59.7 Å². The smallest absolute Gasteiger partial charge is 0.256 e. The number of ether oxygens (including phenoxy) is 1. The summed E-state index contributed by atoms with van der Waals surface area (Å²) < 4.78 is 5.17. The van der Waals surface area contributed by atoms with Crippen LogP contribution in [0, 0.1) is 0 Å². The molecule has 0 heterocycles. The Morgan fingerprint density at radius 2 is 1.77 bits per heavy atom.